The van der Waals surface area contributed by atoms with Gasteiger partial charge in [-0.05, 0) is 13.8 Å². The molecule has 0 aromatic heterocycles. The van der Waals surface area contributed by atoms with Crippen LogP contribution < -0.4 is 10.6 Å². The lowest BCUT2D eigenvalue weighted by Crippen LogP contribution is -2.26. The van der Waals surface area contributed by atoms with Crippen LogP contribution in [0.15, 0.2) is 24.3 Å². The van der Waals surface area contributed by atoms with Gasteiger partial charge >= 0.3 is 0 Å². The van der Waals surface area contributed by atoms with Gasteiger partial charge in [-0.2, -0.15) is 0 Å². The molecule has 8 nitrogen and oxygen atoms in total. The van der Waals surface area contributed by atoms with E-state index in [-0.39, 0.29) is 0 Å². The van der Waals surface area contributed by atoms with Crippen molar-refractivity contribution in [3.63, 3.8) is 0 Å². The van der Waals surface area contributed by atoms with E-state index in [1.165, 1.54) is 11.1 Å². The average molecular weight is 481 g/mol. The molecule has 0 saturated carbocycles. The fourth-order valence-corrected chi connectivity index (χ4v) is 5.66. The number of phenols is 2. The summed E-state index contributed by atoms with van der Waals surface area (Å²) in [7, 11) is 0. The highest BCUT2D eigenvalue weighted by Gasteiger charge is 2.24. The summed E-state index contributed by atoms with van der Waals surface area (Å²) in [6.07, 6.45) is 0. The van der Waals surface area contributed by atoms with Crippen LogP contribution in [0.1, 0.15) is 33.4 Å². The first-order chi connectivity index (χ1) is 16.9. The Morgan fingerprint density at radius 1 is 0.600 bits per heavy atom. The molecule has 0 radical (unpaired) electrons. The second-order valence-corrected chi connectivity index (χ2v) is 10.5. The van der Waals surface area contributed by atoms with Crippen molar-refractivity contribution in [2.45, 2.75) is 40.0 Å². The van der Waals surface area contributed by atoms with Crippen molar-refractivity contribution in [1.29, 1.82) is 0 Å². The summed E-state index contributed by atoms with van der Waals surface area (Å²) in [4.78, 5) is 9.44. The molecule has 190 valence electrons. The van der Waals surface area contributed by atoms with Crippen LogP contribution in [0, 0.1) is 13.8 Å². The first-order valence-electron chi connectivity index (χ1n) is 12.9. The van der Waals surface area contributed by atoms with Crippen LogP contribution in [0.25, 0.3) is 0 Å². The van der Waals surface area contributed by atoms with Gasteiger partial charge in [-0.15, -0.1) is 0 Å². The van der Waals surface area contributed by atoms with Crippen molar-refractivity contribution in [2.24, 2.45) is 0 Å². The molecule has 3 aliphatic rings. The zero-order valence-electron chi connectivity index (χ0n) is 21.2. The predicted octanol–water partition coefficient (Wildman–Crippen LogP) is 1.72. The minimum atomic E-state index is 0.443. The molecule has 0 unspecified atom stereocenters. The van der Waals surface area contributed by atoms with Gasteiger partial charge in [0.25, 0.3) is 0 Å². The topological polar surface area (TPSA) is 77.5 Å². The highest BCUT2D eigenvalue weighted by atomic mass is 16.3. The van der Waals surface area contributed by atoms with Crippen LogP contribution in [0.5, 0.6) is 11.5 Å². The number of benzene rings is 2. The molecule has 3 heterocycles. The van der Waals surface area contributed by atoms with E-state index in [2.05, 4.69) is 68.3 Å². The molecular formula is C27H40N6O2. The van der Waals surface area contributed by atoms with Gasteiger partial charge in [0.05, 0.1) is 6.67 Å². The van der Waals surface area contributed by atoms with Gasteiger partial charge < -0.3 is 20.8 Å². The smallest absolute Gasteiger partial charge is 0.124 e. The fourth-order valence-electron chi connectivity index (χ4n) is 5.66. The molecule has 0 amide bonds. The number of phenolic OH excluding ortho intramolecular Hbond substituents is 2. The summed E-state index contributed by atoms with van der Waals surface area (Å²) in [5.41, 5.74) is 6.45. The van der Waals surface area contributed by atoms with E-state index >= 15 is 0 Å². The van der Waals surface area contributed by atoms with Gasteiger partial charge in [0.1, 0.15) is 11.5 Å². The fraction of sp³-hybridized carbons (Fsp3) is 0.556. The van der Waals surface area contributed by atoms with Crippen molar-refractivity contribution in [3.05, 3.63) is 57.6 Å². The Balaban J connectivity index is 1.22. The third-order valence-corrected chi connectivity index (χ3v) is 7.41. The molecule has 3 saturated heterocycles. The standard InChI is InChI=1S/C27H40N6O2/c1-20-9-22(13-30-5-3-28-17-30)26(34)24(11-20)15-32-7-8-33(19-32)16-25-12-21(2)10-23(27(25)35)14-31-6-4-29-18-31/h9-12,28-29,34-35H,3-8,13-19H2,1-2H3. The Hall–Kier alpha value is -2.20. The average Bonchev–Trinajstić information content (AvgIpc) is 3.59. The van der Waals surface area contributed by atoms with Crippen LogP contribution in [0.2, 0.25) is 0 Å². The number of hydrogen-bond donors (Lipinski definition) is 4. The maximum absolute atomic E-state index is 11.0. The van der Waals surface area contributed by atoms with Crippen LogP contribution in [0.3, 0.4) is 0 Å². The van der Waals surface area contributed by atoms with Gasteiger partial charge in [0.2, 0.25) is 0 Å². The third kappa shape index (κ3) is 5.97. The van der Waals surface area contributed by atoms with E-state index in [0.29, 0.717) is 11.5 Å². The largest absolute Gasteiger partial charge is 0.507 e. The van der Waals surface area contributed by atoms with E-state index in [1.807, 2.05) is 0 Å². The second kappa shape index (κ2) is 10.8. The molecule has 0 atom stereocenters. The van der Waals surface area contributed by atoms with Crippen molar-refractivity contribution in [1.82, 2.24) is 30.2 Å². The molecule has 8 heteroatoms. The number of aryl methyl sites for hydroxylation is 2. The SMILES string of the molecule is Cc1cc(CN2CCNC2)c(O)c(CN2CCN(Cc3cc(C)cc(CN4CCNC4)c3O)C2)c1. The van der Waals surface area contributed by atoms with Crippen molar-refractivity contribution in [3.8, 4) is 11.5 Å². The normalized spacial score (nSPS) is 20.4. The van der Waals surface area contributed by atoms with Gasteiger partial charge in [-0.3, -0.25) is 19.6 Å². The number of nitrogens with one attached hydrogen (secondary N) is 2. The maximum atomic E-state index is 11.0. The van der Waals surface area contributed by atoms with Crippen molar-refractivity contribution >= 4 is 0 Å². The maximum Gasteiger partial charge on any atom is 0.124 e. The van der Waals surface area contributed by atoms with Crippen LogP contribution in [-0.4, -0.2) is 89.1 Å². The molecule has 2 aromatic carbocycles. The molecule has 5 rings (SSSR count). The molecule has 0 spiro atoms. The first-order valence-corrected chi connectivity index (χ1v) is 12.9. The Morgan fingerprint density at radius 3 is 1.31 bits per heavy atom. The monoisotopic (exact) mass is 480 g/mol. The number of nitrogens with zero attached hydrogens (tertiary/aromatic N) is 4. The molecule has 3 aliphatic heterocycles. The van der Waals surface area contributed by atoms with E-state index in [0.717, 1.165) is 108 Å². The second-order valence-electron chi connectivity index (χ2n) is 10.5. The molecular weight excluding hydrogens is 440 g/mol. The quantitative estimate of drug-likeness (QED) is 0.455. The number of rotatable bonds is 8. The van der Waals surface area contributed by atoms with Gasteiger partial charge in [-0.1, -0.05) is 35.4 Å². The minimum Gasteiger partial charge on any atom is -0.507 e. The van der Waals surface area contributed by atoms with E-state index < -0.39 is 0 Å². The predicted molar refractivity (Wildman–Crippen MR) is 138 cm³/mol. The molecule has 4 N–H and O–H groups in total. The summed E-state index contributed by atoms with van der Waals surface area (Å²) in [5, 5.41) is 28.8. The summed E-state index contributed by atoms with van der Waals surface area (Å²) in [5.74, 6) is 0.886. The minimum absolute atomic E-state index is 0.443. The van der Waals surface area contributed by atoms with Crippen molar-refractivity contribution < 1.29 is 10.2 Å². The first kappa shape index (κ1) is 24.5. The lowest BCUT2D eigenvalue weighted by Gasteiger charge is -2.22. The molecule has 0 bridgehead atoms. The summed E-state index contributed by atoms with van der Waals surface area (Å²) < 4.78 is 0. The Kier molecular flexibility index (Phi) is 7.57. The van der Waals surface area contributed by atoms with Crippen LogP contribution in [0.4, 0.5) is 0 Å². The summed E-state index contributed by atoms with van der Waals surface area (Å²) >= 11 is 0. The van der Waals surface area contributed by atoms with Gasteiger partial charge in [0.15, 0.2) is 0 Å². The van der Waals surface area contributed by atoms with E-state index in [9.17, 15) is 10.2 Å². The number of aromatic hydroxyl groups is 2. The lowest BCUT2D eigenvalue weighted by molar-refractivity contribution is 0.231. The summed E-state index contributed by atoms with van der Waals surface area (Å²) in [6, 6.07) is 8.47. The Labute approximate surface area is 209 Å². The van der Waals surface area contributed by atoms with Crippen molar-refractivity contribution in [2.75, 3.05) is 59.3 Å². The van der Waals surface area contributed by atoms with Gasteiger partial charge in [-0.25, -0.2) is 0 Å². The lowest BCUT2D eigenvalue weighted by atomic mass is 10.0. The molecule has 2 aromatic rings. The Morgan fingerprint density at radius 2 is 0.971 bits per heavy atom. The molecule has 0 aliphatic carbocycles. The number of hydrogen-bond acceptors (Lipinski definition) is 8. The highest BCUT2D eigenvalue weighted by molar-refractivity contribution is 5.44. The Bertz CT molecular complexity index is 951. The van der Waals surface area contributed by atoms with E-state index in [1.54, 1.807) is 0 Å². The van der Waals surface area contributed by atoms with E-state index in [4.69, 9.17) is 0 Å². The zero-order chi connectivity index (χ0) is 24.4. The van der Waals surface area contributed by atoms with Gasteiger partial charge in [0, 0.05) is 101 Å². The van der Waals surface area contributed by atoms with Crippen LogP contribution in [-0.2, 0) is 26.2 Å². The zero-order valence-corrected chi connectivity index (χ0v) is 21.2. The summed E-state index contributed by atoms with van der Waals surface area (Å²) in [6.45, 7) is 15.8. The molecule has 35 heavy (non-hydrogen) atoms. The third-order valence-electron chi connectivity index (χ3n) is 7.41. The molecule has 3 fully saturated rings. The highest BCUT2D eigenvalue weighted by Crippen LogP contribution is 2.30. The van der Waals surface area contributed by atoms with Crippen LogP contribution >= 0.6 is 0 Å².